The van der Waals surface area contributed by atoms with Gasteiger partial charge in [0.1, 0.15) is 0 Å². The molecule has 0 heterocycles. The van der Waals surface area contributed by atoms with Crippen molar-refractivity contribution in [3.63, 3.8) is 0 Å². The average molecular weight is 90.2 g/mol. The van der Waals surface area contributed by atoms with E-state index >= 15 is 0 Å². The van der Waals surface area contributed by atoms with E-state index in [2.05, 4.69) is 5.73 Å². The molecule has 0 radical (unpaired) electrons. The van der Waals surface area contributed by atoms with Gasteiger partial charge in [0.25, 0.3) is 0 Å². The van der Waals surface area contributed by atoms with Gasteiger partial charge in [-0.3, -0.25) is 0 Å². The van der Waals surface area contributed by atoms with Crippen LogP contribution in [0.5, 0.6) is 0 Å². The van der Waals surface area contributed by atoms with Crippen LogP contribution >= 0.6 is 0 Å². The lowest BCUT2D eigenvalue weighted by atomic mass is 11.0. The van der Waals surface area contributed by atoms with Crippen LogP contribution in [0.4, 0.5) is 0 Å². The molecule has 0 saturated heterocycles. The summed E-state index contributed by atoms with van der Waals surface area (Å²) in [5.74, 6) is 0. The first-order chi connectivity index (χ1) is 2.73. The van der Waals surface area contributed by atoms with Crippen molar-refractivity contribution in [3.05, 3.63) is 0 Å². The van der Waals surface area contributed by atoms with E-state index in [1.807, 2.05) is 26.0 Å². The summed E-state index contributed by atoms with van der Waals surface area (Å²) in [6.07, 6.45) is 0. The molecule has 0 spiro atoms. The smallest absolute Gasteiger partial charge is 0.0140 e. The maximum atomic E-state index is 4.50. The molecule has 6 heavy (non-hydrogen) atoms. The molecule has 0 aromatic rings. The zero-order valence-electron chi connectivity index (χ0n) is 5.02. The second-order valence-electron chi connectivity index (χ2n) is 1.34. The molecular weight excluding hydrogens is 76.1 g/mol. The maximum absolute atomic E-state index is 4.50. The maximum Gasteiger partial charge on any atom is -0.0140 e. The van der Waals surface area contributed by atoms with Crippen LogP contribution in [0, 0.1) is 0 Å². The zero-order valence-corrected chi connectivity index (χ0v) is 5.02. The molecule has 2 N–H and O–H groups in total. The van der Waals surface area contributed by atoms with Crippen molar-refractivity contribution in [2.75, 3.05) is 28.2 Å². The molecule has 0 aromatic heterocycles. The number of nitrogens with zero attached hydrogens (tertiary/aromatic N) is 1. The lowest BCUT2D eigenvalue weighted by molar-refractivity contribution is 0.505. The van der Waals surface area contributed by atoms with Crippen LogP contribution in [-0.2, 0) is 0 Å². The molecule has 0 aliphatic carbocycles. The Morgan fingerprint density at radius 2 is 1.00 bits per heavy atom. The lowest BCUT2D eigenvalue weighted by Gasteiger charge is -1.90. The van der Waals surface area contributed by atoms with Gasteiger partial charge in [-0.05, 0) is 28.2 Å². The summed E-state index contributed by atoms with van der Waals surface area (Å²) < 4.78 is 0. The third-order valence-electron chi connectivity index (χ3n) is 0. The summed E-state index contributed by atoms with van der Waals surface area (Å²) >= 11 is 0. The van der Waals surface area contributed by atoms with Crippen LogP contribution in [0.25, 0.3) is 0 Å². The van der Waals surface area contributed by atoms with Crippen LogP contribution in [0.3, 0.4) is 0 Å². The number of hydrogen-bond acceptors (Lipinski definition) is 2. The summed E-state index contributed by atoms with van der Waals surface area (Å²) in [7, 11) is 7.50. The highest BCUT2D eigenvalue weighted by molar-refractivity contribution is 4.09. The van der Waals surface area contributed by atoms with Crippen molar-refractivity contribution in [1.29, 1.82) is 0 Å². The van der Waals surface area contributed by atoms with Gasteiger partial charge >= 0.3 is 0 Å². The summed E-state index contributed by atoms with van der Waals surface area (Å²) in [5.41, 5.74) is 4.50. The molecule has 0 amide bonds. The molecule has 0 aromatic carbocycles. The van der Waals surface area contributed by atoms with Gasteiger partial charge in [0.05, 0.1) is 0 Å². The van der Waals surface area contributed by atoms with E-state index < -0.39 is 0 Å². The fourth-order valence-electron chi connectivity index (χ4n) is 0. The Hall–Kier alpha value is -0.0800. The minimum atomic E-state index is 1.50. The molecule has 0 aliphatic rings. The molecule has 40 valence electrons. The van der Waals surface area contributed by atoms with Crippen molar-refractivity contribution in [2.45, 2.75) is 0 Å². The van der Waals surface area contributed by atoms with E-state index in [4.69, 9.17) is 0 Å². The van der Waals surface area contributed by atoms with Crippen molar-refractivity contribution in [1.82, 2.24) is 4.90 Å². The predicted octanol–water partition coefficient (Wildman–Crippen LogP) is -0.247. The van der Waals surface area contributed by atoms with Crippen LogP contribution in [0.2, 0.25) is 0 Å². The molecule has 0 saturated carbocycles. The summed E-state index contributed by atoms with van der Waals surface area (Å²) in [4.78, 5) is 2.00. The largest absolute Gasteiger partial charge is 0.333 e. The fourth-order valence-corrected chi connectivity index (χ4v) is 0. The summed E-state index contributed by atoms with van der Waals surface area (Å²) in [5, 5.41) is 0. The Bertz CT molecular complexity index is 10.3. The third kappa shape index (κ3) is 5220. The summed E-state index contributed by atoms with van der Waals surface area (Å²) in [6.45, 7) is 0. The first-order valence-corrected chi connectivity index (χ1v) is 1.92. The van der Waals surface area contributed by atoms with E-state index in [1.165, 1.54) is 7.05 Å². The predicted molar refractivity (Wildman–Crippen MR) is 29.7 cm³/mol. The molecule has 2 nitrogen and oxygen atoms in total. The van der Waals surface area contributed by atoms with Crippen molar-refractivity contribution in [2.24, 2.45) is 5.73 Å². The Morgan fingerprint density at radius 1 is 1.00 bits per heavy atom. The van der Waals surface area contributed by atoms with Crippen molar-refractivity contribution >= 4 is 0 Å². The number of hydrogen-bond donors (Lipinski definition) is 1. The highest BCUT2D eigenvalue weighted by atomic mass is 15.0. The van der Waals surface area contributed by atoms with Gasteiger partial charge in [-0.1, -0.05) is 0 Å². The zero-order chi connectivity index (χ0) is 5.58. The standard InChI is InChI=1S/C3H9N.CH5N/c1-4(2)3;1-2/h1-3H3;2H2,1H3. The Kier molecular flexibility index (Phi) is 13.8. The molecule has 0 fully saturated rings. The van der Waals surface area contributed by atoms with Crippen LogP contribution in [0.1, 0.15) is 0 Å². The fraction of sp³-hybridized carbons (Fsp3) is 1.00. The Labute approximate surface area is 39.9 Å². The molecule has 2 heteroatoms. The van der Waals surface area contributed by atoms with Gasteiger partial charge in [0.15, 0.2) is 0 Å². The SMILES string of the molecule is CN.CN(C)C. The number of nitrogens with two attached hydrogens (primary N) is 1. The Morgan fingerprint density at radius 3 is 1.00 bits per heavy atom. The Balaban J connectivity index is 0. The van der Waals surface area contributed by atoms with Crippen molar-refractivity contribution in [3.8, 4) is 0 Å². The number of rotatable bonds is 0. The van der Waals surface area contributed by atoms with Crippen molar-refractivity contribution < 1.29 is 0 Å². The van der Waals surface area contributed by atoms with Crippen LogP contribution in [-0.4, -0.2) is 33.1 Å². The highest BCUT2D eigenvalue weighted by Gasteiger charge is 1.58. The quantitative estimate of drug-likeness (QED) is 0.444. The molecule has 0 unspecified atom stereocenters. The second kappa shape index (κ2) is 8.87. The normalized spacial score (nSPS) is 7.00. The van der Waals surface area contributed by atoms with E-state index in [0.29, 0.717) is 0 Å². The summed E-state index contributed by atoms with van der Waals surface area (Å²) in [6, 6.07) is 0. The minimum Gasteiger partial charge on any atom is -0.333 e. The molecular formula is C4H14N2. The highest BCUT2D eigenvalue weighted by Crippen LogP contribution is 1.47. The van der Waals surface area contributed by atoms with E-state index in [9.17, 15) is 0 Å². The lowest BCUT2D eigenvalue weighted by Crippen LogP contribution is -1.99. The molecule has 0 rings (SSSR count). The van der Waals surface area contributed by atoms with Gasteiger partial charge in [0, 0.05) is 0 Å². The first-order valence-electron chi connectivity index (χ1n) is 1.92. The van der Waals surface area contributed by atoms with Gasteiger partial charge in [0.2, 0.25) is 0 Å². The van der Waals surface area contributed by atoms with Gasteiger partial charge in [-0.2, -0.15) is 0 Å². The van der Waals surface area contributed by atoms with E-state index in [1.54, 1.807) is 0 Å². The molecule has 0 bridgehead atoms. The minimum absolute atomic E-state index is 1.50. The average Bonchev–Trinajstić information content (AvgIpc) is 1.41. The monoisotopic (exact) mass is 90.1 g/mol. The first kappa shape index (κ1) is 9.33. The van der Waals surface area contributed by atoms with E-state index in [0.717, 1.165) is 0 Å². The van der Waals surface area contributed by atoms with Gasteiger partial charge in [-0.25, -0.2) is 0 Å². The van der Waals surface area contributed by atoms with Crippen LogP contribution < -0.4 is 5.73 Å². The second-order valence-corrected chi connectivity index (χ2v) is 1.34. The molecule has 0 atom stereocenters. The topological polar surface area (TPSA) is 29.3 Å². The van der Waals surface area contributed by atoms with E-state index in [-0.39, 0.29) is 0 Å². The van der Waals surface area contributed by atoms with Crippen LogP contribution in [0.15, 0.2) is 0 Å². The van der Waals surface area contributed by atoms with Gasteiger partial charge < -0.3 is 10.6 Å². The third-order valence-corrected chi connectivity index (χ3v) is 0. The van der Waals surface area contributed by atoms with Gasteiger partial charge in [-0.15, -0.1) is 0 Å². The molecule has 0 aliphatic heterocycles.